The quantitative estimate of drug-likeness (QED) is 0.287. The summed E-state index contributed by atoms with van der Waals surface area (Å²) >= 11 is 0. The maximum atomic E-state index is 10.6. The van der Waals surface area contributed by atoms with E-state index in [9.17, 15) is 18.3 Å². The molecule has 30 heavy (non-hydrogen) atoms. The van der Waals surface area contributed by atoms with E-state index in [4.69, 9.17) is 21.0 Å². The molecule has 3 rings (SSSR count). The third-order valence-corrected chi connectivity index (χ3v) is 4.02. The van der Waals surface area contributed by atoms with Crippen LogP contribution in [0.5, 0.6) is 0 Å². The third-order valence-electron chi connectivity index (χ3n) is 4.02. The first kappa shape index (κ1) is 22.6. The third kappa shape index (κ3) is 6.46. The van der Waals surface area contributed by atoms with E-state index in [0.29, 0.717) is 0 Å². The number of fused-ring (bicyclic) bond motifs is 1. The highest BCUT2D eigenvalue weighted by molar-refractivity contribution is 5.99. The molecule has 0 radical (unpaired) electrons. The molecule has 0 spiro atoms. The summed E-state index contributed by atoms with van der Waals surface area (Å²) in [6.45, 7) is 0.0517. The van der Waals surface area contributed by atoms with Crippen LogP contribution in [0.4, 0.5) is 13.2 Å². The standard InChI is InChI=1S/C20H18N2O.C2HF3O2/c21-20(22)19-9-8-17-11-15(6-7-18(17)12-19)5-4-14-2-1-3-16(10-14)13-23;3-2(4,5)1(6)7/h1-12,23H,13H2,(H3,21,22);(H,6,7)/b5-4+;. The van der Waals surface area contributed by atoms with Gasteiger partial charge in [-0.15, -0.1) is 0 Å². The number of carboxylic acid groups (broad SMARTS) is 1. The highest BCUT2D eigenvalue weighted by Crippen LogP contribution is 2.19. The van der Waals surface area contributed by atoms with Gasteiger partial charge in [0, 0.05) is 5.56 Å². The minimum absolute atomic E-state index is 0.0517. The van der Waals surface area contributed by atoms with Gasteiger partial charge in [-0.1, -0.05) is 54.6 Å². The Hall–Kier alpha value is -3.65. The summed E-state index contributed by atoms with van der Waals surface area (Å²) in [5.41, 5.74) is 9.33. The van der Waals surface area contributed by atoms with Crippen molar-refractivity contribution in [3.8, 4) is 0 Å². The molecule has 5 N–H and O–H groups in total. The van der Waals surface area contributed by atoms with Gasteiger partial charge in [0.2, 0.25) is 0 Å². The molecule has 0 unspecified atom stereocenters. The van der Waals surface area contributed by atoms with E-state index in [1.807, 2.05) is 60.7 Å². The fourth-order valence-corrected chi connectivity index (χ4v) is 2.52. The minimum Gasteiger partial charge on any atom is -0.475 e. The number of rotatable bonds is 4. The molecule has 0 aliphatic rings. The van der Waals surface area contributed by atoms with Gasteiger partial charge >= 0.3 is 12.1 Å². The van der Waals surface area contributed by atoms with Crippen LogP contribution in [0.1, 0.15) is 22.3 Å². The number of hydrogen-bond acceptors (Lipinski definition) is 3. The van der Waals surface area contributed by atoms with E-state index in [1.54, 1.807) is 0 Å². The van der Waals surface area contributed by atoms with Crippen molar-refractivity contribution in [3.63, 3.8) is 0 Å². The maximum absolute atomic E-state index is 10.6. The van der Waals surface area contributed by atoms with Crippen LogP contribution < -0.4 is 5.73 Å². The van der Waals surface area contributed by atoms with Crippen LogP contribution in [0.15, 0.2) is 60.7 Å². The van der Waals surface area contributed by atoms with Crippen molar-refractivity contribution in [2.24, 2.45) is 5.73 Å². The number of hydrogen-bond donors (Lipinski definition) is 4. The fraction of sp³-hybridized carbons (Fsp3) is 0.0909. The molecule has 0 saturated heterocycles. The molecule has 5 nitrogen and oxygen atoms in total. The molecule has 0 aliphatic carbocycles. The Kier molecular flexibility index (Phi) is 7.32. The van der Waals surface area contributed by atoms with Crippen molar-refractivity contribution in [1.29, 1.82) is 5.41 Å². The van der Waals surface area contributed by atoms with Gasteiger partial charge in [-0.2, -0.15) is 13.2 Å². The summed E-state index contributed by atoms with van der Waals surface area (Å²) in [6, 6.07) is 19.8. The molecule has 156 valence electrons. The van der Waals surface area contributed by atoms with E-state index in [0.717, 1.165) is 33.0 Å². The normalized spacial score (nSPS) is 11.2. The summed E-state index contributed by atoms with van der Waals surface area (Å²) < 4.78 is 31.7. The number of nitrogens with one attached hydrogen (secondary N) is 1. The van der Waals surface area contributed by atoms with Crippen LogP contribution in [-0.4, -0.2) is 28.2 Å². The highest BCUT2D eigenvalue weighted by Gasteiger charge is 2.38. The lowest BCUT2D eigenvalue weighted by molar-refractivity contribution is -0.192. The number of aliphatic carboxylic acids is 1. The highest BCUT2D eigenvalue weighted by atomic mass is 19.4. The van der Waals surface area contributed by atoms with Gasteiger partial charge in [-0.05, 0) is 45.7 Å². The van der Waals surface area contributed by atoms with Crippen LogP contribution in [0.3, 0.4) is 0 Å². The molecule has 0 aliphatic heterocycles. The molecule has 0 aromatic heterocycles. The summed E-state index contributed by atoms with van der Waals surface area (Å²) in [4.78, 5) is 8.90. The smallest absolute Gasteiger partial charge is 0.475 e. The van der Waals surface area contributed by atoms with Crippen LogP contribution in [-0.2, 0) is 11.4 Å². The molecule has 8 heteroatoms. The summed E-state index contributed by atoms with van der Waals surface area (Å²) in [5, 5.41) is 26.0. The van der Waals surface area contributed by atoms with Crippen LogP contribution in [0, 0.1) is 5.41 Å². The van der Waals surface area contributed by atoms with Gasteiger partial charge in [0.25, 0.3) is 0 Å². The molecule has 3 aromatic carbocycles. The Morgan fingerprint density at radius 1 is 0.967 bits per heavy atom. The molecular weight excluding hydrogens is 397 g/mol. The Morgan fingerprint density at radius 3 is 2.10 bits per heavy atom. The van der Waals surface area contributed by atoms with Gasteiger partial charge in [-0.3, -0.25) is 5.41 Å². The van der Waals surface area contributed by atoms with E-state index in [2.05, 4.69) is 12.1 Å². The molecule has 0 amide bonds. The number of alkyl halides is 3. The van der Waals surface area contributed by atoms with Crippen molar-refractivity contribution >= 4 is 34.7 Å². The van der Waals surface area contributed by atoms with Crippen LogP contribution >= 0.6 is 0 Å². The second kappa shape index (κ2) is 9.71. The summed E-state index contributed by atoms with van der Waals surface area (Å²) in [6.07, 6.45) is -1.00. The number of aliphatic hydroxyl groups is 1. The fourth-order valence-electron chi connectivity index (χ4n) is 2.52. The number of amidine groups is 1. The zero-order chi connectivity index (χ0) is 22.3. The van der Waals surface area contributed by atoms with Crippen molar-refractivity contribution in [2.75, 3.05) is 0 Å². The molecule has 0 atom stereocenters. The predicted molar refractivity (Wildman–Crippen MR) is 110 cm³/mol. The van der Waals surface area contributed by atoms with Crippen molar-refractivity contribution in [1.82, 2.24) is 0 Å². The Morgan fingerprint density at radius 2 is 1.53 bits per heavy atom. The lowest BCUT2D eigenvalue weighted by atomic mass is 10.0. The van der Waals surface area contributed by atoms with E-state index in [-0.39, 0.29) is 12.4 Å². The van der Waals surface area contributed by atoms with Crippen molar-refractivity contribution in [3.05, 3.63) is 82.9 Å². The first-order chi connectivity index (χ1) is 14.1. The number of carboxylic acids is 1. The number of aliphatic hydroxyl groups excluding tert-OH is 1. The van der Waals surface area contributed by atoms with Gasteiger partial charge in [0.05, 0.1) is 6.61 Å². The van der Waals surface area contributed by atoms with E-state index >= 15 is 0 Å². The van der Waals surface area contributed by atoms with Crippen LogP contribution in [0.2, 0.25) is 0 Å². The van der Waals surface area contributed by atoms with E-state index < -0.39 is 12.1 Å². The first-order valence-electron chi connectivity index (χ1n) is 8.66. The van der Waals surface area contributed by atoms with Gasteiger partial charge in [0.1, 0.15) is 5.84 Å². The Balaban J connectivity index is 0.000000396. The average molecular weight is 416 g/mol. The topological polar surface area (TPSA) is 107 Å². The molecule has 0 fully saturated rings. The number of carbonyl (C=O) groups is 1. The molecular formula is C22H19F3N2O3. The number of halogens is 3. The Bertz CT molecular complexity index is 1090. The second-order valence-electron chi connectivity index (χ2n) is 6.27. The zero-order valence-electron chi connectivity index (χ0n) is 15.6. The monoisotopic (exact) mass is 416 g/mol. The number of benzene rings is 3. The van der Waals surface area contributed by atoms with Crippen LogP contribution in [0.25, 0.3) is 22.9 Å². The summed E-state index contributed by atoms with van der Waals surface area (Å²) in [5.74, 6) is -2.67. The zero-order valence-corrected chi connectivity index (χ0v) is 15.6. The molecule has 0 heterocycles. The van der Waals surface area contributed by atoms with E-state index in [1.165, 1.54) is 0 Å². The second-order valence-corrected chi connectivity index (χ2v) is 6.27. The molecule has 0 bridgehead atoms. The van der Waals surface area contributed by atoms with Gasteiger partial charge < -0.3 is 15.9 Å². The first-order valence-corrected chi connectivity index (χ1v) is 8.66. The number of nitrogens with two attached hydrogens (primary N) is 1. The Labute approximate surface area is 170 Å². The molecule has 0 saturated carbocycles. The average Bonchev–Trinajstić information content (AvgIpc) is 2.71. The lowest BCUT2D eigenvalue weighted by Crippen LogP contribution is -2.21. The number of nitrogen functional groups attached to an aromatic ring is 1. The molecule has 3 aromatic rings. The summed E-state index contributed by atoms with van der Waals surface area (Å²) in [7, 11) is 0. The van der Waals surface area contributed by atoms with Crippen molar-refractivity contribution < 1.29 is 28.2 Å². The lowest BCUT2D eigenvalue weighted by Gasteiger charge is -2.03. The predicted octanol–water partition coefficient (Wildman–Crippen LogP) is 4.42. The van der Waals surface area contributed by atoms with Crippen molar-refractivity contribution in [2.45, 2.75) is 12.8 Å². The SMILES string of the molecule is N=C(N)c1ccc2cc(/C=C/c3cccc(CO)c3)ccc2c1.O=C(O)C(F)(F)F. The minimum atomic E-state index is -5.08. The van der Waals surface area contributed by atoms with Gasteiger partial charge in [0.15, 0.2) is 0 Å². The maximum Gasteiger partial charge on any atom is 0.490 e. The largest absolute Gasteiger partial charge is 0.490 e. The van der Waals surface area contributed by atoms with Gasteiger partial charge in [-0.25, -0.2) is 4.79 Å².